The van der Waals surface area contributed by atoms with E-state index in [2.05, 4.69) is 10.1 Å². The number of anilines is 1. The van der Waals surface area contributed by atoms with Crippen LogP contribution in [0.3, 0.4) is 0 Å². The summed E-state index contributed by atoms with van der Waals surface area (Å²) in [6.45, 7) is 5.11. The Kier molecular flexibility index (Phi) is 4.62. The Labute approximate surface area is 157 Å². The average Bonchev–Trinajstić information content (AvgIpc) is 3.30. The molecule has 0 saturated carbocycles. The molecule has 1 atom stereocenters. The summed E-state index contributed by atoms with van der Waals surface area (Å²) in [4.78, 5) is 18.8. The van der Waals surface area contributed by atoms with Crippen LogP contribution in [0, 0.1) is 6.92 Å². The van der Waals surface area contributed by atoms with Crippen molar-refractivity contribution in [3.63, 3.8) is 0 Å². The lowest BCUT2D eigenvalue weighted by molar-refractivity contribution is -0.117. The van der Waals surface area contributed by atoms with Crippen molar-refractivity contribution >= 4 is 11.6 Å². The van der Waals surface area contributed by atoms with E-state index in [4.69, 9.17) is 9.26 Å². The summed E-state index contributed by atoms with van der Waals surface area (Å²) in [5.41, 5.74) is 2.90. The van der Waals surface area contributed by atoms with Crippen molar-refractivity contribution < 1.29 is 14.1 Å². The third kappa shape index (κ3) is 3.56. The van der Waals surface area contributed by atoms with E-state index >= 15 is 0 Å². The van der Waals surface area contributed by atoms with Gasteiger partial charge in [-0.25, -0.2) is 0 Å². The van der Waals surface area contributed by atoms with Crippen molar-refractivity contribution in [3.05, 3.63) is 60.0 Å². The molecule has 6 nitrogen and oxygen atoms in total. The van der Waals surface area contributed by atoms with Crippen molar-refractivity contribution in [2.24, 2.45) is 0 Å². The van der Waals surface area contributed by atoms with E-state index in [1.54, 1.807) is 4.90 Å². The van der Waals surface area contributed by atoms with Gasteiger partial charge in [-0.3, -0.25) is 4.79 Å². The van der Waals surface area contributed by atoms with Crippen molar-refractivity contribution in [3.8, 4) is 17.1 Å². The minimum atomic E-state index is -0.102. The zero-order chi connectivity index (χ0) is 18.8. The van der Waals surface area contributed by atoms with E-state index in [9.17, 15) is 4.79 Å². The van der Waals surface area contributed by atoms with Crippen LogP contribution in [0.2, 0.25) is 0 Å². The number of carbonyl (C=O) groups excluding carboxylic acids is 1. The third-order valence-electron chi connectivity index (χ3n) is 4.65. The Morgan fingerprint density at radius 2 is 2.04 bits per heavy atom. The van der Waals surface area contributed by atoms with E-state index in [-0.39, 0.29) is 11.8 Å². The Morgan fingerprint density at radius 3 is 2.78 bits per heavy atom. The maximum atomic E-state index is 12.5. The number of hydrogen-bond donors (Lipinski definition) is 0. The molecule has 0 bridgehead atoms. The van der Waals surface area contributed by atoms with Gasteiger partial charge in [0, 0.05) is 24.2 Å². The summed E-state index contributed by atoms with van der Waals surface area (Å²) in [5.74, 6) is 1.81. The molecule has 0 N–H and O–H groups in total. The maximum absolute atomic E-state index is 12.5. The number of carbonyl (C=O) groups is 1. The predicted octanol–water partition coefficient (Wildman–Crippen LogP) is 3.96. The third-order valence-corrected chi connectivity index (χ3v) is 4.65. The highest BCUT2D eigenvalue weighted by Gasteiger charge is 2.35. The number of rotatable bonds is 5. The molecule has 4 rings (SSSR count). The summed E-state index contributed by atoms with van der Waals surface area (Å²) < 4.78 is 10.9. The van der Waals surface area contributed by atoms with E-state index in [1.807, 2.05) is 62.4 Å². The summed E-state index contributed by atoms with van der Waals surface area (Å²) in [5, 5.41) is 4.09. The number of amides is 1. The van der Waals surface area contributed by atoms with Crippen LogP contribution in [-0.4, -0.2) is 29.2 Å². The molecule has 1 amide bonds. The molecule has 2 aromatic carbocycles. The zero-order valence-corrected chi connectivity index (χ0v) is 15.4. The van der Waals surface area contributed by atoms with Crippen LogP contribution in [0.25, 0.3) is 11.4 Å². The molecule has 0 spiro atoms. The van der Waals surface area contributed by atoms with Gasteiger partial charge in [0.2, 0.25) is 17.6 Å². The fraction of sp³-hybridized carbons (Fsp3) is 0.286. The first-order valence-corrected chi connectivity index (χ1v) is 9.08. The van der Waals surface area contributed by atoms with E-state index in [1.165, 1.54) is 0 Å². The topological polar surface area (TPSA) is 68.5 Å². The summed E-state index contributed by atoms with van der Waals surface area (Å²) in [6.07, 6.45) is 0.364. The molecule has 138 valence electrons. The molecular weight excluding hydrogens is 342 g/mol. The molecule has 0 aliphatic carbocycles. The molecule has 1 saturated heterocycles. The first kappa shape index (κ1) is 17.3. The highest BCUT2D eigenvalue weighted by atomic mass is 16.5. The minimum Gasteiger partial charge on any atom is -0.494 e. The van der Waals surface area contributed by atoms with Crippen LogP contribution in [-0.2, 0) is 4.79 Å². The molecule has 1 aliphatic heterocycles. The van der Waals surface area contributed by atoms with Gasteiger partial charge in [-0.1, -0.05) is 28.9 Å². The number of ether oxygens (including phenoxy) is 1. The van der Waals surface area contributed by atoms with E-state index in [0.717, 1.165) is 22.6 Å². The molecule has 3 aromatic rings. The number of benzene rings is 2. The highest BCUT2D eigenvalue weighted by molar-refractivity contribution is 5.96. The highest BCUT2D eigenvalue weighted by Crippen LogP contribution is 2.32. The normalized spacial score (nSPS) is 16.7. The first-order chi connectivity index (χ1) is 13.1. The lowest BCUT2D eigenvalue weighted by Gasteiger charge is -2.16. The second-order valence-corrected chi connectivity index (χ2v) is 6.66. The van der Waals surface area contributed by atoms with Crippen molar-refractivity contribution in [1.82, 2.24) is 10.1 Å². The number of nitrogens with zero attached hydrogens (tertiary/aromatic N) is 3. The van der Waals surface area contributed by atoms with Crippen LogP contribution in [0.15, 0.2) is 53.1 Å². The number of aromatic nitrogens is 2. The van der Waals surface area contributed by atoms with Gasteiger partial charge < -0.3 is 14.2 Å². The fourth-order valence-corrected chi connectivity index (χ4v) is 3.31. The second-order valence-electron chi connectivity index (χ2n) is 6.66. The maximum Gasteiger partial charge on any atom is 0.232 e. The van der Waals surface area contributed by atoms with Gasteiger partial charge in [0.05, 0.1) is 12.5 Å². The Morgan fingerprint density at radius 1 is 1.22 bits per heavy atom. The molecule has 0 radical (unpaired) electrons. The molecule has 27 heavy (non-hydrogen) atoms. The first-order valence-electron chi connectivity index (χ1n) is 9.08. The van der Waals surface area contributed by atoms with Crippen molar-refractivity contribution in [2.45, 2.75) is 26.2 Å². The van der Waals surface area contributed by atoms with Crippen LogP contribution < -0.4 is 9.64 Å². The standard InChI is InChI=1S/C21H21N3O3/c1-3-26-18-9-7-17(8-10-18)24-13-16(12-19(24)25)21-22-20(23-27-21)15-6-4-5-14(2)11-15/h4-11,16H,3,12-13H2,1-2H3/t16-/m1/s1. The summed E-state index contributed by atoms with van der Waals surface area (Å²) in [7, 11) is 0. The minimum absolute atomic E-state index is 0.0551. The van der Waals surface area contributed by atoms with Gasteiger partial charge in [-0.2, -0.15) is 4.98 Å². The van der Waals surface area contributed by atoms with Crippen LogP contribution in [0.5, 0.6) is 5.75 Å². The molecule has 6 heteroatoms. The Hall–Kier alpha value is -3.15. The molecular formula is C21H21N3O3. The van der Waals surface area contributed by atoms with Gasteiger partial charge in [-0.15, -0.1) is 0 Å². The predicted molar refractivity (Wildman–Crippen MR) is 102 cm³/mol. The molecule has 1 aliphatic rings. The Bertz CT molecular complexity index is 949. The molecule has 1 fully saturated rings. The fourth-order valence-electron chi connectivity index (χ4n) is 3.31. The largest absolute Gasteiger partial charge is 0.494 e. The van der Waals surface area contributed by atoms with Gasteiger partial charge in [0.1, 0.15) is 5.75 Å². The zero-order valence-electron chi connectivity index (χ0n) is 15.4. The number of hydrogen-bond acceptors (Lipinski definition) is 5. The van der Waals surface area contributed by atoms with Crippen molar-refractivity contribution in [2.75, 3.05) is 18.1 Å². The van der Waals surface area contributed by atoms with E-state index in [0.29, 0.717) is 31.3 Å². The monoisotopic (exact) mass is 363 g/mol. The molecule has 0 unspecified atom stereocenters. The van der Waals surface area contributed by atoms with Gasteiger partial charge in [0.25, 0.3) is 0 Å². The van der Waals surface area contributed by atoms with Crippen molar-refractivity contribution in [1.29, 1.82) is 0 Å². The SMILES string of the molecule is CCOc1ccc(N2C[C@H](c3nc(-c4cccc(C)c4)no3)CC2=O)cc1. The Balaban J connectivity index is 1.51. The van der Waals surface area contributed by atoms with Gasteiger partial charge in [0.15, 0.2) is 0 Å². The van der Waals surface area contributed by atoms with Crippen LogP contribution in [0.1, 0.15) is 30.7 Å². The summed E-state index contributed by atoms with van der Waals surface area (Å²) in [6, 6.07) is 15.5. The quantitative estimate of drug-likeness (QED) is 0.686. The van der Waals surface area contributed by atoms with Crippen LogP contribution >= 0.6 is 0 Å². The van der Waals surface area contributed by atoms with Gasteiger partial charge >= 0.3 is 0 Å². The van der Waals surface area contributed by atoms with Gasteiger partial charge in [-0.05, 0) is 44.2 Å². The number of aryl methyl sites for hydroxylation is 1. The molecule has 1 aromatic heterocycles. The summed E-state index contributed by atoms with van der Waals surface area (Å²) >= 11 is 0. The average molecular weight is 363 g/mol. The molecule has 2 heterocycles. The second kappa shape index (κ2) is 7.23. The lowest BCUT2D eigenvalue weighted by Crippen LogP contribution is -2.24. The lowest BCUT2D eigenvalue weighted by atomic mass is 10.1. The van der Waals surface area contributed by atoms with Crippen LogP contribution in [0.4, 0.5) is 5.69 Å². The van der Waals surface area contributed by atoms with E-state index < -0.39 is 0 Å². The smallest absolute Gasteiger partial charge is 0.232 e.